The van der Waals surface area contributed by atoms with E-state index in [1.807, 2.05) is 0 Å². The smallest absolute Gasteiger partial charge is 0.165 e. The lowest BCUT2D eigenvalue weighted by atomic mass is 10.1. The van der Waals surface area contributed by atoms with Gasteiger partial charge in [-0.3, -0.25) is 0 Å². The fraction of sp³-hybridized carbons (Fsp3) is 0.250. The number of phenolic OH excluding ortho intramolecular Hbond substituents is 1. The van der Waals surface area contributed by atoms with E-state index in [-0.39, 0.29) is 24.6 Å². The summed E-state index contributed by atoms with van der Waals surface area (Å²) >= 11 is 3.10. The summed E-state index contributed by atoms with van der Waals surface area (Å²) in [6, 6.07) is 1.76. The number of aromatic hydroxyl groups is 1. The summed E-state index contributed by atoms with van der Waals surface area (Å²) in [5, 5.41) is 18.0. The SMILES string of the molecule is Cl.N[C@@H](CO)c1c(Br)ccc(F)c1O. The summed E-state index contributed by atoms with van der Waals surface area (Å²) < 4.78 is 13.3. The largest absolute Gasteiger partial charge is 0.505 e. The van der Waals surface area contributed by atoms with E-state index < -0.39 is 17.6 Å². The topological polar surface area (TPSA) is 66.5 Å². The van der Waals surface area contributed by atoms with Crippen LogP contribution >= 0.6 is 28.3 Å². The molecule has 0 aliphatic carbocycles. The van der Waals surface area contributed by atoms with Crippen LogP contribution in [0.1, 0.15) is 11.6 Å². The van der Waals surface area contributed by atoms with E-state index in [9.17, 15) is 9.50 Å². The molecule has 0 amide bonds. The molecule has 0 saturated heterocycles. The highest BCUT2D eigenvalue weighted by atomic mass is 79.9. The van der Waals surface area contributed by atoms with Crippen LogP contribution in [0.5, 0.6) is 5.75 Å². The number of aliphatic hydroxyl groups is 1. The minimum absolute atomic E-state index is 0. The highest BCUT2D eigenvalue weighted by Crippen LogP contribution is 2.32. The lowest BCUT2D eigenvalue weighted by Crippen LogP contribution is -2.15. The molecule has 14 heavy (non-hydrogen) atoms. The number of aliphatic hydroxyl groups excluding tert-OH is 1. The molecule has 0 unspecified atom stereocenters. The zero-order valence-electron chi connectivity index (χ0n) is 7.08. The second-order valence-electron chi connectivity index (χ2n) is 2.58. The third-order valence-electron chi connectivity index (χ3n) is 1.68. The van der Waals surface area contributed by atoms with Crippen LogP contribution in [0, 0.1) is 5.82 Å². The van der Waals surface area contributed by atoms with E-state index in [0.29, 0.717) is 4.47 Å². The number of nitrogens with two attached hydrogens (primary N) is 1. The Labute approximate surface area is 95.3 Å². The van der Waals surface area contributed by atoms with Gasteiger partial charge in [-0.25, -0.2) is 4.39 Å². The first-order valence-electron chi connectivity index (χ1n) is 3.61. The molecule has 0 bridgehead atoms. The van der Waals surface area contributed by atoms with Crippen molar-refractivity contribution in [1.29, 1.82) is 0 Å². The lowest BCUT2D eigenvalue weighted by Gasteiger charge is -2.12. The third-order valence-corrected chi connectivity index (χ3v) is 2.37. The van der Waals surface area contributed by atoms with Crippen molar-refractivity contribution >= 4 is 28.3 Å². The minimum Gasteiger partial charge on any atom is -0.505 e. The van der Waals surface area contributed by atoms with Crippen molar-refractivity contribution in [2.75, 3.05) is 6.61 Å². The van der Waals surface area contributed by atoms with Gasteiger partial charge in [0.1, 0.15) is 0 Å². The average molecular weight is 287 g/mol. The molecule has 0 radical (unpaired) electrons. The summed E-state index contributed by atoms with van der Waals surface area (Å²) in [6.45, 7) is -0.352. The van der Waals surface area contributed by atoms with E-state index >= 15 is 0 Å². The quantitative estimate of drug-likeness (QED) is 0.775. The second kappa shape index (κ2) is 5.50. The van der Waals surface area contributed by atoms with Crippen molar-refractivity contribution in [3.63, 3.8) is 0 Å². The molecular formula is C8H10BrClFNO2. The number of rotatable bonds is 2. The Bertz CT molecular complexity index is 324. The summed E-state index contributed by atoms with van der Waals surface area (Å²) in [4.78, 5) is 0. The van der Waals surface area contributed by atoms with Gasteiger partial charge in [0.2, 0.25) is 0 Å². The Kier molecular flexibility index (Phi) is 5.36. The standard InChI is InChI=1S/C8H9BrFNO2.ClH/c9-4-1-2-5(10)8(13)7(4)6(11)3-12;/h1-2,6,12-13H,3,11H2;1H/t6-;/m0./s1. The maximum absolute atomic E-state index is 12.8. The lowest BCUT2D eigenvalue weighted by molar-refractivity contribution is 0.264. The fourth-order valence-electron chi connectivity index (χ4n) is 1.00. The van der Waals surface area contributed by atoms with Crippen molar-refractivity contribution in [2.45, 2.75) is 6.04 Å². The molecule has 1 aromatic carbocycles. The van der Waals surface area contributed by atoms with E-state index in [4.69, 9.17) is 10.8 Å². The van der Waals surface area contributed by atoms with Crippen LogP contribution in [0.25, 0.3) is 0 Å². The summed E-state index contributed by atoms with van der Waals surface area (Å²) in [5.74, 6) is -1.27. The summed E-state index contributed by atoms with van der Waals surface area (Å²) in [5.41, 5.74) is 5.64. The van der Waals surface area contributed by atoms with Crippen molar-refractivity contribution in [3.05, 3.63) is 28.0 Å². The van der Waals surface area contributed by atoms with E-state index in [1.54, 1.807) is 0 Å². The van der Waals surface area contributed by atoms with Gasteiger partial charge in [-0.15, -0.1) is 12.4 Å². The first-order chi connectivity index (χ1) is 6.07. The summed E-state index contributed by atoms with van der Waals surface area (Å²) in [7, 11) is 0. The van der Waals surface area contributed by atoms with Gasteiger partial charge in [-0.1, -0.05) is 15.9 Å². The van der Waals surface area contributed by atoms with Gasteiger partial charge < -0.3 is 15.9 Å². The molecule has 4 N–H and O–H groups in total. The Morgan fingerprint density at radius 3 is 2.57 bits per heavy atom. The number of benzene rings is 1. The van der Waals surface area contributed by atoms with Crippen LogP contribution in [0.3, 0.4) is 0 Å². The molecule has 1 rings (SSSR count). The maximum Gasteiger partial charge on any atom is 0.165 e. The maximum atomic E-state index is 12.8. The molecule has 1 aromatic rings. The minimum atomic E-state index is -0.787. The molecule has 0 fully saturated rings. The van der Waals surface area contributed by atoms with E-state index in [0.717, 1.165) is 6.07 Å². The van der Waals surface area contributed by atoms with Crippen LogP contribution in [0.4, 0.5) is 4.39 Å². The highest BCUT2D eigenvalue weighted by molar-refractivity contribution is 9.10. The summed E-state index contributed by atoms with van der Waals surface area (Å²) in [6.07, 6.45) is 0. The fourth-order valence-corrected chi connectivity index (χ4v) is 1.61. The second-order valence-corrected chi connectivity index (χ2v) is 3.43. The van der Waals surface area contributed by atoms with Gasteiger partial charge in [0.25, 0.3) is 0 Å². The number of halogens is 3. The molecule has 0 heterocycles. The van der Waals surface area contributed by atoms with Gasteiger partial charge >= 0.3 is 0 Å². The Balaban J connectivity index is 0.00000169. The molecular weight excluding hydrogens is 276 g/mol. The normalized spacial score (nSPS) is 12.0. The molecule has 0 aliphatic rings. The molecule has 6 heteroatoms. The van der Waals surface area contributed by atoms with Crippen molar-refractivity contribution < 1.29 is 14.6 Å². The van der Waals surface area contributed by atoms with Crippen LogP contribution in [-0.2, 0) is 0 Å². The van der Waals surface area contributed by atoms with Gasteiger partial charge in [0.05, 0.1) is 12.6 Å². The molecule has 3 nitrogen and oxygen atoms in total. The van der Waals surface area contributed by atoms with Crippen LogP contribution in [0.2, 0.25) is 0 Å². The van der Waals surface area contributed by atoms with Gasteiger partial charge in [-0.2, -0.15) is 0 Å². The number of phenols is 1. The first kappa shape index (κ1) is 13.6. The zero-order valence-corrected chi connectivity index (χ0v) is 9.48. The van der Waals surface area contributed by atoms with Gasteiger partial charge in [0.15, 0.2) is 11.6 Å². The predicted octanol–water partition coefficient (Wildman–Crippen LogP) is 1.71. The highest BCUT2D eigenvalue weighted by Gasteiger charge is 2.16. The van der Waals surface area contributed by atoms with E-state index in [1.165, 1.54) is 6.07 Å². The third kappa shape index (κ3) is 2.57. The van der Waals surface area contributed by atoms with Crippen LogP contribution in [0.15, 0.2) is 16.6 Å². The Hall–Kier alpha value is -0.360. The monoisotopic (exact) mass is 285 g/mol. The molecule has 0 spiro atoms. The Morgan fingerprint density at radius 2 is 2.07 bits per heavy atom. The van der Waals surface area contributed by atoms with Crippen LogP contribution in [-0.4, -0.2) is 16.8 Å². The van der Waals surface area contributed by atoms with Crippen molar-refractivity contribution in [1.82, 2.24) is 0 Å². The molecule has 0 aromatic heterocycles. The average Bonchev–Trinajstić information content (AvgIpc) is 2.12. The van der Waals surface area contributed by atoms with Gasteiger partial charge in [0, 0.05) is 10.0 Å². The molecule has 0 saturated carbocycles. The molecule has 80 valence electrons. The Morgan fingerprint density at radius 1 is 1.50 bits per heavy atom. The van der Waals surface area contributed by atoms with Crippen molar-refractivity contribution in [2.24, 2.45) is 5.73 Å². The van der Waals surface area contributed by atoms with Crippen molar-refractivity contribution in [3.8, 4) is 5.75 Å². The first-order valence-corrected chi connectivity index (χ1v) is 4.40. The van der Waals surface area contributed by atoms with Crippen LogP contribution < -0.4 is 5.73 Å². The molecule has 0 aliphatic heterocycles. The predicted molar refractivity (Wildman–Crippen MR) is 57.0 cm³/mol. The molecule has 1 atom stereocenters. The van der Waals surface area contributed by atoms with E-state index in [2.05, 4.69) is 15.9 Å². The number of hydrogen-bond acceptors (Lipinski definition) is 3. The van der Waals surface area contributed by atoms with Gasteiger partial charge in [-0.05, 0) is 12.1 Å². The number of hydrogen-bond donors (Lipinski definition) is 3. The zero-order chi connectivity index (χ0) is 10.0.